The molecule has 0 aromatic rings. The predicted octanol–water partition coefficient (Wildman–Crippen LogP) is 0.752. The summed E-state index contributed by atoms with van der Waals surface area (Å²) in [6.07, 6.45) is 4.31. The van der Waals surface area contributed by atoms with E-state index >= 15 is 0 Å². The lowest BCUT2D eigenvalue weighted by atomic mass is 10.4. The fourth-order valence-electron chi connectivity index (χ4n) is 0.763. The molecule has 2 heteroatoms. The summed E-state index contributed by atoms with van der Waals surface area (Å²) in [5.74, 6) is 0.215. The van der Waals surface area contributed by atoms with Crippen molar-refractivity contribution in [3.8, 4) is 0 Å². The zero-order chi connectivity index (χ0) is 5.98. The van der Waals surface area contributed by atoms with Gasteiger partial charge in [-0.2, -0.15) is 0 Å². The van der Waals surface area contributed by atoms with Gasteiger partial charge in [0.2, 0.25) is 5.91 Å². The van der Waals surface area contributed by atoms with E-state index in [1.54, 1.807) is 4.90 Å². The summed E-state index contributed by atoms with van der Waals surface area (Å²) in [5, 5.41) is 0. The van der Waals surface area contributed by atoms with Crippen LogP contribution in [0.15, 0.2) is 12.3 Å². The van der Waals surface area contributed by atoms with Gasteiger partial charge in [-0.25, -0.2) is 0 Å². The van der Waals surface area contributed by atoms with Gasteiger partial charge < -0.3 is 4.90 Å². The maximum Gasteiger partial charge on any atom is 0.230 e. The molecule has 0 aromatic carbocycles. The fraction of sp³-hybridized carbons (Fsp3) is 0.500. The van der Waals surface area contributed by atoms with Gasteiger partial charge in [0.05, 0.1) is 0 Å². The Morgan fingerprint density at radius 1 is 1.88 bits per heavy atom. The van der Waals surface area contributed by atoms with Gasteiger partial charge in [0.15, 0.2) is 0 Å². The molecule has 8 heavy (non-hydrogen) atoms. The number of carbonyl (C=O) groups excluding carboxylic acids is 1. The highest BCUT2D eigenvalue weighted by Crippen LogP contribution is 2.03. The van der Waals surface area contributed by atoms with E-state index in [1.165, 1.54) is 0 Å². The topological polar surface area (TPSA) is 20.3 Å². The van der Waals surface area contributed by atoms with Crippen molar-refractivity contribution in [3.63, 3.8) is 0 Å². The monoisotopic (exact) mass is 111 g/mol. The van der Waals surface area contributed by atoms with Gasteiger partial charge in [0.1, 0.15) is 0 Å². The molecule has 0 aromatic heterocycles. The normalized spacial score (nSPS) is 18.1. The highest BCUT2D eigenvalue weighted by atomic mass is 16.2. The zero-order valence-corrected chi connectivity index (χ0v) is 4.92. The minimum atomic E-state index is 0.215. The van der Waals surface area contributed by atoms with E-state index in [-0.39, 0.29) is 5.91 Å². The van der Waals surface area contributed by atoms with Crippen molar-refractivity contribution in [2.24, 2.45) is 0 Å². The van der Waals surface area contributed by atoms with Crippen molar-refractivity contribution < 1.29 is 4.79 Å². The summed E-state index contributed by atoms with van der Waals surface area (Å²) in [7, 11) is 0. The molecule has 1 rings (SSSR count). The van der Waals surface area contributed by atoms with Crippen molar-refractivity contribution in [2.45, 2.75) is 13.3 Å². The number of hydrogen-bond donors (Lipinski definition) is 0. The molecule has 1 amide bonds. The Bertz CT molecular complexity index is 128. The van der Waals surface area contributed by atoms with E-state index in [0.29, 0.717) is 6.42 Å². The van der Waals surface area contributed by atoms with Gasteiger partial charge in [-0.1, -0.05) is 6.08 Å². The molecule has 2 nitrogen and oxygen atoms in total. The summed E-state index contributed by atoms with van der Waals surface area (Å²) in [6, 6.07) is 0. The van der Waals surface area contributed by atoms with E-state index < -0.39 is 0 Å². The Morgan fingerprint density at radius 2 is 2.62 bits per heavy atom. The molecular weight excluding hydrogens is 102 g/mol. The van der Waals surface area contributed by atoms with Crippen molar-refractivity contribution >= 4 is 5.91 Å². The van der Waals surface area contributed by atoms with Crippen LogP contribution in [0, 0.1) is 0 Å². The molecule has 1 aliphatic rings. The molecule has 0 saturated carbocycles. The minimum Gasteiger partial charge on any atom is -0.319 e. The Balaban J connectivity index is 2.53. The number of hydrogen-bond acceptors (Lipinski definition) is 1. The molecule has 0 saturated heterocycles. The second-order valence-electron chi connectivity index (χ2n) is 1.77. The average molecular weight is 111 g/mol. The lowest BCUT2D eigenvalue weighted by Crippen LogP contribution is -2.19. The Kier molecular flexibility index (Phi) is 1.33. The molecule has 1 heterocycles. The quantitative estimate of drug-likeness (QED) is 0.489. The summed E-state index contributed by atoms with van der Waals surface area (Å²) in [6.45, 7) is 2.77. The van der Waals surface area contributed by atoms with Gasteiger partial charge in [-0.3, -0.25) is 4.79 Å². The van der Waals surface area contributed by atoms with E-state index in [2.05, 4.69) is 0 Å². The van der Waals surface area contributed by atoms with Crippen LogP contribution < -0.4 is 0 Å². The molecule has 44 valence electrons. The van der Waals surface area contributed by atoms with Crippen molar-refractivity contribution in [2.75, 3.05) is 6.54 Å². The smallest absolute Gasteiger partial charge is 0.230 e. The van der Waals surface area contributed by atoms with Crippen LogP contribution in [0.4, 0.5) is 0 Å². The van der Waals surface area contributed by atoms with Crippen LogP contribution in [0.25, 0.3) is 0 Å². The van der Waals surface area contributed by atoms with Crippen molar-refractivity contribution in [1.29, 1.82) is 0 Å². The first kappa shape index (κ1) is 5.35. The molecule has 0 atom stereocenters. The van der Waals surface area contributed by atoms with Gasteiger partial charge in [0.25, 0.3) is 0 Å². The number of carbonyl (C=O) groups is 1. The molecule has 0 N–H and O–H groups in total. The maximum absolute atomic E-state index is 10.7. The lowest BCUT2D eigenvalue weighted by molar-refractivity contribution is -0.126. The Labute approximate surface area is 48.8 Å². The van der Waals surface area contributed by atoms with E-state index in [4.69, 9.17) is 0 Å². The summed E-state index contributed by atoms with van der Waals surface area (Å²) < 4.78 is 0. The van der Waals surface area contributed by atoms with Crippen molar-refractivity contribution in [1.82, 2.24) is 4.90 Å². The summed E-state index contributed by atoms with van der Waals surface area (Å²) in [5.41, 5.74) is 0. The second kappa shape index (κ2) is 1.99. The van der Waals surface area contributed by atoms with Crippen LogP contribution in [0.3, 0.4) is 0 Å². The number of rotatable bonds is 1. The molecule has 0 fully saturated rings. The molecule has 1 aliphatic heterocycles. The first-order chi connectivity index (χ1) is 3.84. The first-order valence-corrected chi connectivity index (χ1v) is 2.80. The molecule has 0 spiro atoms. The number of nitrogens with zero attached hydrogens (tertiary/aromatic N) is 1. The molecule has 0 radical (unpaired) electrons. The third-order valence-electron chi connectivity index (χ3n) is 1.24. The van der Waals surface area contributed by atoms with Crippen LogP contribution in [0.5, 0.6) is 0 Å². The van der Waals surface area contributed by atoms with Crippen LogP contribution >= 0.6 is 0 Å². The standard InChI is InChI=1S/C6H9NO/c1-2-7-5-3-4-6(7)8/h3,5H,2,4H2,1H3. The minimum absolute atomic E-state index is 0.215. The highest BCUT2D eigenvalue weighted by Gasteiger charge is 2.10. The summed E-state index contributed by atoms with van der Waals surface area (Å²) >= 11 is 0. The Morgan fingerprint density at radius 3 is 2.88 bits per heavy atom. The van der Waals surface area contributed by atoms with Gasteiger partial charge in [-0.05, 0) is 6.92 Å². The predicted molar refractivity (Wildman–Crippen MR) is 31.1 cm³/mol. The maximum atomic E-state index is 10.7. The van der Waals surface area contributed by atoms with E-state index in [0.717, 1.165) is 6.54 Å². The van der Waals surface area contributed by atoms with E-state index in [1.807, 2.05) is 19.2 Å². The average Bonchev–Trinajstić information content (AvgIpc) is 2.14. The second-order valence-corrected chi connectivity index (χ2v) is 1.77. The molecular formula is C6H9NO. The molecule has 0 aliphatic carbocycles. The van der Waals surface area contributed by atoms with Crippen LogP contribution in [-0.4, -0.2) is 17.4 Å². The SMILES string of the molecule is CCN1C=CCC1=O. The fourth-order valence-corrected chi connectivity index (χ4v) is 0.763. The molecule has 0 unspecified atom stereocenters. The van der Waals surface area contributed by atoms with Gasteiger partial charge >= 0.3 is 0 Å². The summed E-state index contributed by atoms with van der Waals surface area (Å²) in [4.78, 5) is 12.4. The zero-order valence-electron chi connectivity index (χ0n) is 4.92. The highest BCUT2D eigenvalue weighted by molar-refractivity contribution is 5.81. The third-order valence-corrected chi connectivity index (χ3v) is 1.24. The third kappa shape index (κ3) is 0.735. The largest absolute Gasteiger partial charge is 0.319 e. The van der Waals surface area contributed by atoms with Crippen molar-refractivity contribution in [3.05, 3.63) is 12.3 Å². The van der Waals surface area contributed by atoms with Gasteiger partial charge in [-0.15, -0.1) is 0 Å². The van der Waals surface area contributed by atoms with Crippen LogP contribution in [0.1, 0.15) is 13.3 Å². The van der Waals surface area contributed by atoms with E-state index in [9.17, 15) is 4.79 Å². The van der Waals surface area contributed by atoms with Crippen LogP contribution in [-0.2, 0) is 4.79 Å². The molecule has 0 bridgehead atoms. The Hall–Kier alpha value is -0.790. The number of amides is 1. The first-order valence-electron chi connectivity index (χ1n) is 2.80. The van der Waals surface area contributed by atoms with Gasteiger partial charge in [0, 0.05) is 19.2 Å². The lowest BCUT2D eigenvalue weighted by Gasteiger charge is -2.07. The van der Waals surface area contributed by atoms with Crippen LogP contribution in [0.2, 0.25) is 0 Å².